The van der Waals surface area contributed by atoms with E-state index in [1.807, 2.05) is 60.7 Å². The van der Waals surface area contributed by atoms with Crippen LogP contribution in [0.3, 0.4) is 0 Å². The van der Waals surface area contributed by atoms with Gasteiger partial charge in [0.1, 0.15) is 5.00 Å². The van der Waals surface area contributed by atoms with Crippen LogP contribution in [0, 0.1) is 0 Å². The summed E-state index contributed by atoms with van der Waals surface area (Å²) in [4.78, 5) is 35.8. The van der Waals surface area contributed by atoms with Gasteiger partial charge in [-0.25, -0.2) is 0 Å². The lowest BCUT2D eigenvalue weighted by Crippen LogP contribution is -2.23. The van der Waals surface area contributed by atoms with Gasteiger partial charge in [-0.15, -0.1) is 11.3 Å². The maximum atomic E-state index is 12.4. The van der Waals surface area contributed by atoms with Crippen LogP contribution in [0.5, 0.6) is 0 Å². The van der Waals surface area contributed by atoms with E-state index < -0.39 is 24.4 Å². The fourth-order valence-electron chi connectivity index (χ4n) is 2.93. The van der Waals surface area contributed by atoms with Gasteiger partial charge in [-0.2, -0.15) is 0 Å². The van der Waals surface area contributed by atoms with E-state index in [0.29, 0.717) is 5.00 Å². The Balaban J connectivity index is 1.61. The molecule has 0 atom stereocenters. The summed E-state index contributed by atoms with van der Waals surface area (Å²) >= 11 is 1.17. The molecule has 3 rings (SSSR count). The molecule has 1 heterocycles. The Morgan fingerprint density at radius 3 is 2.07 bits per heavy atom. The molecule has 29 heavy (non-hydrogen) atoms. The van der Waals surface area contributed by atoms with Crippen molar-refractivity contribution in [1.29, 1.82) is 0 Å². The number of primary amides is 1. The predicted octanol–water partition coefficient (Wildman–Crippen LogP) is 3.55. The molecule has 3 aromatic rings. The molecule has 0 saturated carbocycles. The van der Waals surface area contributed by atoms with E-state index in [2.05, 4.69) is 5.32 Å². The van der Waals surface area contributed by atoms with Gasteiger partial charge in [0.2, 0.25) is 0 Å². The van der Waals surface area contributed by atoms with Crippen LogP contribution in [-0.2, 0) is 14.3 Å². The molecular weight excluding hydrogens is 388 g/mol. The predicted molar refractivity (Wildman–Crippen MR) is 112 cm³/mol. The summed E-state index contributed by atoms with van der Waals surface area (Å²) in [5.41, 5.74) is 7.46. The Kier molecular flexibility index (Phi) is 6.76. The van der Waals surface area contributed by atoms with Crippen molar-refractivity contribution in [2.24, 2.45) is 5.73 Å². The Hall–Kier alpha value is -3.45. The largest absolute Gasteiger partial charge is 0.456 e. The lowest BCUT2D eigenvalue weighted by molar-refractivity contribution is -0.147. The molecule has 2 aromatic carbocycles. The van der Waals surface area contributed by atoms with Crippen LogP contribution < -0.4 is 11.1 Å². The summed E-state index contributed by atoms with van der Waals surface area (Å²) in [6.07, 6.45) is 0.104. The minimum absolute atomic E-state index is 0.104. The molecule has 148 valence electrons. The van der Waals surface area contributed by atoms with E-state index in [0.717, 1.165) is 11.1 Å². The third kappa shape index (κ3) is 5.52. The van der Waals surface area contributed by atoms with Crippen molar-refractivity contribution in [3.8, 4) is 0 Å². The van der Waals surface area contributed by atoms with Gasteiger partial charge in [-0.1, -0.05) is 60.7 Å². The molecule has 6 nitrogen and oxygen atoms in total. The Bertz CT molecular complexity index is 947. The van der Waals surface area contributed by atoms with Crippen molar-refractivity contribution >= 4 is 34.1 Å². The summed E-state index contributed by atoms with van der Waals surface area (Å²) in [7, 11) is 0. The van der Waals surface area contributed by atoms with Crippen LogP contribution in [-0.4, -0.2) is 24.4 Å². The van der Waals surface area contributed by atoms with E-state index in [-0.39, 0.29) is 17.9 Å². The van der Waals surface area contributed by atoms with Gasteiger partial charge in [-0.05, 0) is 22.6 Å². The molecule has 0 radical (unpaired) electrons. The van der Waals surface area contributed by atoms with Crippen molar-refractivity contribution < 1.29 is 19.1 Å². The van der Waals surface area contributed by atoms with Gasteiger partial charge in [0, 0.05) is 5.92 Å². The highest BCUT2D eigenvalue weighted by Gasteiger charge is 2.20. The van der Waals surface area contributed by atoms with Crippen molar-refractivity contribution in [3.63, 3.8) is 0 Å². The Labute approximate surface area is 172 Å². The molecular formula is C22H20N2O4S. The highest BCUT2D eigenvalue weighted by molar-refractivity contribution is 7.14. The van der Waals surface area contributed by atoms with Crippen LogP contribution in [0.25, 0.3) is 0 Å². The third-order valence-corrected chi connectivity index (χ3v) is 5.15. The van der Waals surface area contributed by atoms with E-state index in [1.165, 1.54) is 17.4 Å². The topological polar surface area (TPSA) is 98.5 Å². The van der Waals surface area contributed by atoms with Crippen molar-refractivity contribution in [2.45, 2.75) is 12.3 Å². The van der Waals surface area contributed by atoms with Gasteiger partial charge >= 0.3 is 5.97 Å². The third-order valence-electron chi connectivity index (χ3n) is 4.32. The number of nitrogens with one attached hydrogen (secondary N) is 1. The second kappa shape index (κ2) is 9.66. The number of benzene rings is 2. The van der Waals surface area contributed by atoms with Crippen molar-refractivity contribution in [2.75, 3.05) is 11.9 Å². The highest BCUT2D eigenvalue weighted by atomic mass is 32.1. The number of nitrogens with two attached hydrogens (primary N) is 1. The average molecular weight is 408 g/mol. The zero-order valence-electron chi connectivity index (χ0n) is 15.5. The number of carbonyl (C=O) groups is 3. The summed E-state index contributed by atoms with van der Waals surface area (Å²) in [6.45, 7) is -0.439. The fraction of sp³-hybridized carbons (Fsp3) is 0.136. The van der Waals surface area contributed by atoms with Gasteiger partial charge in [0.05, 0.1) is 12.0 Å². The number of carbonyl (C=O) groups excluding carboxylic acids is 3. The van der Waals surface area contributed by atoms with Gasteiger partial charge < -0.3 is 15.8 Å². The Morgan fingerprint density at radius 2 is 1.52 bits per heavy atom. The van der Waals surface area contributed by atoms with E-state index in [1.54, 1.807) is 5.38 Å². The standard InChI is InChI=1S/C22H20N2O4S/c23-21(27)17-11-12-29-22(17)24-19(25)14-28-20(26)13-18(15-7-3-1-4-8-15)16-9-5-2-6-10-16/h1-12,18H,13-14H2,(H2,23,27)(H,24,25). The normalized spacial score (nSPS) is 10.5. The molecule has 1 aromatic heterocycles. The maximum absolute atomic E-state index is 12.4. The SMILES string of the molecule is NC(=O)c1ccsc1NC(=O)COC(=O)CC(c1ccccc1)c1ccccc1. The molecule has 0 bridgehead atoms. The van der Waals surface area contributed by atoms with Crippen LogP contribution in [0.1, 0.15) is 33.8 Å². The number of anilines is 1. The van der Waals surface area contributed by atoms with Crippen molar-refractivity contribution in [1.82, 2.24) is 0 Å². The molecule has 0 aliphatic heterocycles. The van der Waals surface area contributed by atoms with E-state index in [9.17, 15) is 14.4 Å². The zero-order chi connectivity index (χ0) is 20.6. The molecule has 0 aliphatic rings. The summed E-state index contributed by atoms with van der Waals surface area (Å²) in [5, 5.41) is 4.53. The lowest BCUT2D eigenvalue weighted by Gasteiger charge is -2.17. The summed E-state index contributed by atoms with van der Waals surface area (Å²) in [5.74, 6) is -1.82. The number of amides is 2. The first-order chi connectivity index (χ1) is 14.0. The number of hydrogen-bond donors (Lipinski definition) is 2. The molecule has 0 spiro atoms. The molecule has 3 N–H and O–H groups in total. The minimum Gasteiger partial charge on any atom is -0.456 e. The van der Waals surface area contributed by atoms with Crippen LogP contribution >= 0.6 is 11.3 Å². The fourth-order valence-corrected chi connectivity index (χ4v) is 3.74. The maximum Gasteiger partial charge on any atom is 0.307 e. The summed E-state index contributed by atoms with van der Waals surface area (Å²) in [6, 6.07) is 20.9. The molecule has 0 fully saturated rings. The number of esters is 1. The Morgan fingerprint density at radius 1 is 0.931 bits per heavy atom. The molecule has 0 saturated heterocycles. The number of ether oxygens (including phenoxy) is 1. The van der Waals surface area contributed by atoms with Gasteiger partial charge in [0.15, 0.2) is 6.61 Å². The quantitative estimate of drug-likeness (QED) is 0.557. The number of thiophene rings is 1. The van der Waals surface area contributed by atoms with Crippen LogP contribution in [0.2, 0.25) is 0 Å². The number of rotatable bonds is 8. The van der Waals surface area contributed by atoms with Crippen molar-refractivity contribution in [3.05, 3.63) is 88.8 Å². The van der Waals surface area contributed by atoms with E-state index >= 15 is 0 Å². The first kappa shape index (κ1) is 20.3. The highest BCUT2D eigenvalue weighted by Crippen LogP contribution is 2.28. The molecule has 2 amide bonds. The second-order valence-corrected chi connectivity index (χ2v) is 7.23. The molecule has 0 aliphatic carbocycles. The first-order valence-electron chi connectivity index (χ1n) is 8.97. The second-order valence-electron chi connectivity index (χ2n) is 6.31. The molecule has 0 unspecified atom stereocenters. The first-order valence-corrected chi connectivity index (χ1v) is 9.85. The monoisotopic (exact) mass is 408 g/mol. The van der Waals surface area contributed by atoms with Crippen LogP contribution in [0.4, 0.5) is 5.00 Å². The zero-order valence-corrected chi connectivity index (χ0v) is 16.4. The van der Waals surface area contributed by atoms with Gasteiger partial charge in [-0.3, -0.25) is 14.4 Å². The molecule has 7 heteroatoms. The minimum atomic E-state index is -0.632. The summed E-state index contributed by atoms with van der Waals surface area (Å²) < 4.78 is 5.16. The van der Waals surface area contributed by atoms with Crippen LogP contribution in [0.15, 0.2) is 72.1 Å². The van der Waals surface area contributed by atoms with E-state index in [4.69, 9.17) is 10.5 Å². The smallest absolute Gasteiger partial charge is 0.307 e. The lowest BCUT2D eigenvalue weighted by atomic mass is 9.89. The van der Waals surface area contributed by atoms with Gasteiger partial charge in [0.25, 0.3) is 11.8 Å². The number of hydrogen-bond acceptors (Lipinski definition) is 5. The average Bonchev–Trinajstić information content (AvgIpc) is 3.20.